The fourth-order valence-electron chi connectivity index (χ4n) is 1.96. The molecule has 0 aromatic heterocycles. The maximum Gasteiger partial charge on any atom is 0.0434 e. The Labute approximate surface area is 116 Å². The summed E-state index contributed by atoms with van der Waals surface area (Å²) in [6.07, 6.45) is 0. The molecule has 0 unspecified atom stereocenters. The molecule has 0 fully saturated rings. The number of hydrogen-bond acceptors (Lipinski definition) is 2. The quantitative estimate of drug-likeness (QED) is 0.789. The predicted molar refractivity (Wildman–Crippen MR) is 82.5 cm³/mol. The molecular weight excluding hydrogens is 288 g/mol. The normalized spacial score (nSPS) is 10.4. The predicted octanol–water partition coefficient (Wildman–Crippen LogP) is 4.70. The van der Waals surface area contributed by atoms with Gasteiger partial charge in [0, 0.05) is 21.5 Å². The standard InChI is InChI=1S/C15H17BrN2/c1-9-7-12(8-10(2)15(9)16)18-14-6-4-5-13(17)11(14)3/h4-8,18H,17H2,1-3H3. The topological polar surface area (TPSA) is 38.0 Å². The first-order valence-electron chi connectivity index (χ1n) is 5.88. The third-order valence-electron chi connectivity index (χ3n) is 3.09. The summed E-state index contributed by atoms with van der Waals surface area (Å²) in [6, 6.07) is 10.2. The van der Waals surface area contributed by atoms with Gasteiger partial charge in [0.25, 0.3) is 0 Å². The van der Waals surface area contributed by atoms with Crippen molar-refractivity contribution in [2.75, 3.05) is 11.1 Å². The van der Waals surface area contributed by atoms with Crippen LogP contribution in [0.25, 0.3) is 0 Å². The number of hydrogen-bond donors (Lipinski definition) is 2. The molecule has 0 aliphatic rings. The van der Waals surface area contributed by atoms with Crippen molar-refractivity contribution < 1.29 is 0 Å². The number of nitrogens with one attached hydrogen (secondary N) is 1. The lowest BCUT2D eigenvalue weighted by atomic mass is 10.1. The Morgan fingerprint density at radius 2 is 1.67 bits per heavy atom. The number of benzene rings is 2. The van der Waals surface area contributed by atoms with Crippen LogP contribution in [0.15, 0.2) is 34.8 Å². The number of aryl methyl sites for hydroxylation is 2. The van der Waals surface area contributed by atoms with Crippen molar-refractivity contribution in [2.24, 2.45) is 0 Å². The number of nitrogens with two attached hydrogens (primary N) is 1. The van der Waals surface area contributed by atoms with Crippen molar-refractivity contribution >= 4 is 33.0 Å². The highest BCUT2D eigenvalue weighted by molar-refractivity contribution is 9.10. The summed E-state index contributed by atoms with van der Waals surface area (Å²) >= 11 is 3.58. The van der Waals surface area contributed by atoms with Crippen molar-refractivity contribution in [3.8, 4) is 0 Å². The third kappa shape index (κ3) is 2.51. The van der Waals surface area contributed by atoms with Gasteiger partial charge in [0.15, 0.2) is 0 Å². The highest BCUT2D eigenvalue weighted by Gasteiger charge is 2.05. The second kappa shape index (κ2) is 5.02. The van der Waals surface area contributed by atoms with Crippen LogP contribution in [0.1, 0.15) is 16.7 Å². The third-order valence-corrected chi connectivity index (χ3v) is 4.34. The van der Waals surface area contributed by atoms with Gasteiger partial charge in [-0.25, -0.2) is 0 Å². The minimum Gasteiger partial charge on any atom is -0.398 e. The van der Waals surface area contributed by atoms with Crippen molar-refractivity contribution in [3.63, 3.8) is 0 Å². The lowest BCUT2D eigenvalue weighted by molar-refractivity contribution is 1.33. The number of rotatable bonds is 2. The van der Waals surface area contributed by atoms with Crippen LogP contribution in [-0.4, -0.2) is 0 Å². The van der Waals surface area contributed by atoms with E-state index in [2.05, 4.69) is 47.2 Å². The van der Waals surface area contributed by atoms with Crippen LogP contribution >= 0.6 is 15.9 Å². The fraction of sp³-hybridized carbons (Fsp3) is 0.200. The smallest absolute Gasteiger partial charge is 0.0434 e. The zero-order chi connectivity index (χ0) is 13.3. The minimum absolute atomic E-state index is 0.811. The van der Waals surface area contributed by atoms with Gasteiger partial charge in [-0.2, -0.15) is 0 Å². The fourth-order valence-corrected chi connectivity index (χ4v) is 2.19. The van der Waals surface area contributed by atoms with Gasteiger partial charge in [0.2, 0.25) is 0 Å². The van der Waals surface area contributed by atoms with Crippen LogP contribution in [0.4, 0.5) is 17.1 Å². The first-order valence-corrected chi connectivity index (χ1v) is 6.67. The molecule has 2 rings (SSSR count). The van der Waals surface area contributed by atoms with Crippen LogP contribution in [-0.2, 0) is 0 Å². The Morgan fingerprint density at radius 1 is 1.06 bits per heavy atom. The molecule has 2 aromatic carbocycles. The van der Waals surface area contributed by atoms with E-state index in [1.54, 1.807) is 0 Å². The van der Waals surface area contributed by atoms with Gasteiger partial charge in [0.05, 0.1) is 0 Å². The molecule has 3 heteroatoms. The van der Waals surface area contributed by atoms with Gasteiger partial charge >= 0.3 is 0 Å². The Bertz CT molecular complexity index is 568. The Morgan fingerprint density at radius 3 is 2.28 bits per heavy atom. The van der Waals surface area contributed by atoms with Crippen LogP contribution in [0.3, 0.4) is 0 Å². The number of anilines is 3. The highest BCUT2D eigenvalue weighted by Crippen LogP contribution is 2.29. The maximum absolute atomic E-state index is 5.91. The summed E-state index contributed by atoms with van der Waals surface area (Å²) in [5.74, 6) is 0. The molecule has 0 radical (unpaired) electrons. The average Bonchev–Trinajstić information content (AvgIpc) is 2.32. The molecule has 18 heavy (non-hydrogen) atoms. The maximum atomic E-state index is 5.91. The first kappa shape index (κ1) is 13.0. The molecule has 2 nitrogen and oxygen atoms in total. The molecule has 94 valence electrons. The molecule has 0 aliphatic heterocycles. The van der Waals surface area contributed by atoms with E-state index >= 15 is 0 Å². The molecular formula is C15H17BrN2. The van der Waals surface area contributed by atoms with Gasteiger partial charge in [-0.1, -0.05) is 22.0 Å². The largest absolute Gasteiger partial charge is 0.398 e. The van der Waals surface area contributed by atoms with Crippen molar-refractivity contribution in [2.45, 2.75) is 20.8 Å². The second-order valence-corrected chi connectivity index (χ2v) is 5.36. The van der Waals surface area contributed by atoms with Crippen molar-refractivity contribution in [1.82, 2.24) is 0 Å². The molecule has 0 atom stereocenters. The van der Waals surface area contributed by atoms with Gasteiger partial charge in [-0.15, -0.1) is 0 Å². The summed E-state index contributed by atoms with van der Waals surface area (Å²) in [4.78, 5) is 0. The summed E-state index contributed by atoms with van der Waals surface area (Å²) in [7, 11) is 0. The van der Waals surface area contributed by atoms with Gasteiger partial charge in [-0.05, 0) is 61.7 Å². The van der Waals surface area contributed by atoms with E-state index in [1.807, 2.05) is 25.1 Å². The Hall–Kier alpha value is -1.48. The van der Waals surface area contributed by atoms with Gasteiger partial charge in [0.1, 0.15) is 0 Å². The Kier molecular flexibility index (Phi) is 3.62. The molecule has 0 heterocycles. The molecule has 3 N–H and O–H groups in total. The van der Waals surface area contributed by atoms with E-state index in [9.17, 15) is 0 Å². The van der Waals surface area contributed by atoms with Crippen LogP contribution < -0.4 is 11.1 Å². The number of nitrogen functional groups attached to an aromatic ring is 1. The van der Waals surface area contributed by atoms with Gasteiger partial charge < -0.3 is 11.1 Å². The Balaban J connectivity index is 2.37. The summed E-state index contributed by atoms with van der Waals surface area (Å²) in [5, 5.41) is 3.42. The molecule has 0 saturated carbocycles. The summed E-state index contributed by atoms with van der Waals surface area (Å²) < 4.78 is 1.16. The van der Waals surface area contributed by atoms with Crippen LogP contribution in [0.5, 0.6) is 0 Å². The first-order chi connectivity index (χ1) is 8.49. The molecule has 0 aliphatic carbocycles. The lowest BCUT2D eigenvalue weighted by Gasteiger charge is -2.13. The SMILES string of the molecule is Cc1cc(Nc2cccc(N)c2C)cc(C)c1Br. The molecule has 2 aromatic rings. The summed E-state index contributed by atoms with van der Waals surface area (Å²) in [6.45, 7) is 6.21. The van der Waals surface area contributed by atoms with Crippen molar-refractivity contribution in [3.05, 3.63) is 51.5 Å². The average molecular weight is 305 g/mol. The molecule has 0 bridgehead atoms. The zero-order valence-electron chi connectivity index (χ0n) is 10.8. The minimum atomic E-state index is 0.811. The number of halogens is 1. The van der Waals surface area contributed by atoms with Crippen LogP contribution in [0, 0.1) is 20.8 Å². The highest BCUT2D eigenvalue weighted by atomic mass is 79.9. The molecule has 0 spiro atoms. The van der Waals surface area contributed by atoms with E-state index in [4.69, 9.17) is 5.73 Å². The molecule has 0 saturated heterocycles. The lowest BCUT2D eigenvalue weighted by Crippen LogP contribution is -1.98. The van der Waals surface area contributed by atoms with E-state index in [0.29, 0.717) is 0 Å². The van der Waals surface area contributed by atoms with E-state index < -0.39 is 0 Å². The van der Waals surface area contributed by atoms with Gasteiger partial charge in [-0.3, -0.25) is 0 Å². The second-order valence-electron chi connectivity index (χ2n) is 4.57. The molecule has 0 amide bonds. The van der Waals surface area contributed by atoms with E-state index in [0.717, 1.165) is 27.1 Å². The zero-order valence-corrected chi connectivity index (χ0v) is 12.4. The van der Waals surface area contributed by atoms with Crippen molar-refractivity contribution in [1.29, 1.82) is 0 Å². The van der Waals surface area contributed by atoms with E-state index in [1.165, 1.54) is 11.1 Å². The summed E-state index contributed by atoms with van der Waals surface area (Å²) in [5.41, 5.74) is 12.4. The van der Waals surface area contributed by atoms with Crippen LogP contribution in [0.2, 0.25) is 0 Å². The monoisotopic (exact) mass is 304 g/mol. The van der Waals surface area contributed by atoms with E-state index in [-0.39, 0.29) is 0 Å².